The van der Waals surface area contributed by atoms with E-state index in [9.17, 15) is 10.1 Å². The Labute approximate surface area is 212 Å². The highest BCUT2D eigenvalue weighted by Crippen LogP contribution is 2.38. The molecule has 0 aliphatic heterocycles. The maximum Gasteiger partial charge on any atom is 0.273 e. The first-order chi connectivity index (χ1) is 16.4. The second-order valence-electron chi connectivity index (χ2n) is 11.2. The average molecular weight is 522 g/mol. The van der Waals surface area contributed by atoms with Crippen molar-refractivity contribution in [3.63, 3.8) is 0 Å². The monoisotopic (exact) mass is 521 g/mol. The summed E-state index contributed by atoms with van der Waals surface area (Å²) in [7, 11) is -2.38. The number of nitro benzene ring substituents is 1. The summed E-state index contributed by atoms with van der Waals surface area (Å²) in [6.07, 6.45) is 1.48. The lowest BCUT2D eigenvalue weighted by Crippen LogP contribution is -2.22. The number of aryl methyl sites for hydroxylation is 1. The first-order valence-electron chi connectivity index (χ1n) is 12.5. The van der Waals surface area contributed by atoms with Crippen LogP contribution in [0.1, 0.15) is 25.2 Å². The summed E-state index contributed by atoms with van der Waals surface area (Å²) >= 11 is 0. The molecule has 0 fully saturated rings. The smallest absolute Gasteiger partial charge is 0.273 e. The van der Waals surface area contributed by atoms with Gasteiger partial charge in [0.05, 0.1) is 16.7 Å². The summed E-state index contributed by atoms with van der Waals surface area (Å²) in [5, 5.41) is 16.3. The van der Waals surface area contributed by atoms with E-state index in [1.807, 2.05) is 4.68 Å². The molecule has 10 heteroatoms. The molecular formula is C25H43N3O5Si2. The number of non-ortho nitro benzene ring substituents is 1. The molecule has 35 heavy (non-hydrogen) atoms. The molecule has 0 saturated carbocycles. The number of aromatic nitrogens is 2. The highest BCUT2D eigenvalue weighted by atomic mass is 28.3. The largest absolute Gasteiger partial charge is 0.467 e. The lowest BCUT2D eigenvalue weighted by Gasteiger charge is -2.17. The van der Waals surface area contributed by atoms with E-state index in [4.69, 9.17) is 19.3 Å². The highest BCUT2D eigenvalue weighted by molar-refractivity contribution is 6.76. The molecule has 2 aromatic rings. The van der Waals surface area contributed by atoms with Gasteiger partial charge >= 0.3 is 0 Å². The van der Waals surface area contributed by atoms with Crippen molar-refractivity contribution in [2.45, 2.75) is 84.8 Å². The second-order valence-corrected chi connectivity index (χ2v) is 22.5. The predicted octanol–water partition coefficient (Wildman–Crippen LogP) is 6.59. The fraction of sp³-hybridized carbons (Fsp3) is 0.640. The maximum atomic E-state index is 11.4. The molecule has 2 rings (SSSR count). The lowest BCUT2D eigenvalue weighted by molar-refractivity contribution is -0.384. The third-order valence-corrected chi connectivity index (χ3v) is 9.16. The molecule has 0 atom stereocenters. The summed E-state index contributed by atoms with van der Waals surface area (Å²) in [6.45, 7) is 19.8. The van der Waals surface area contributed by atoms with Gasteiger partial charge in [-0.3, -0.25) is 10.1 Å². The van der Waals surface area contributed by atoms with Gasteiger partial charge in [-0.2, -0.15) is 5.10 Å². The van der Waals surface area contributed by atoms with Crippen LogP contribution in [0.4, 0.5) is 5.69 Å². The van der Waals surface area contributed by atoms with Gasteiger partial charge in [-0.1, -0.05) is 53.1 Å². The van der Waals surface area contributed by atoms with E-state index in [1.165, 1.54) is 12.1 Å². The summed E-state index contributed by atoms with van der Waals surface area (Å²) in [5.74, 6) is 0.441. The Balaban J connectivity index is 2.32. The first-order valence-corrected chi connectivity index (χ1v) is 19.9. The van der Waals surface area contributed by atoms with E-state index in [-0.39, 0.29) is 12.5 Å². The molecule has 0 bridgehead atoms. The molecule has 0 spiro atoms. The molecule has 8 nitrogen and oxygen atoms in total. The van der Waals surface area contributed by atoms with Crippen molar-refractivity contribution in [2.75, 3.05) is 20.0 Å². The number of hydrogen-bond donors (Lipinski definition) is 0. The zero-order valence-corrected chi connectivity index (χ0v) is 24.8. The third kappa shape index (κ3) is 9.17. The Morgan fingerprint density at radius 2 is 1.60 bits per heavy atom. The van der Waals surface area contributed by atoms with Crippen LogP contribution in [-0.4, -0.2) is 50.9 Å². The van der Waals surface area contributed by atoms with E-state index in [1.54, 1.807) is 6.07 Å². The zero-order valence-electron chi connectivity index (χ0n) is 22.8. The van der Waals surface area contributed by atoms with Crippen LogP contribution >= 0.6 is 0 Å². The van der Waals surface area contributed by atoms with Gasteiger partial charge in [-0.25, -0.2) is 4.68 Å². The summed E-state index contributed by atoms with van der Waals surface area (Å²) in [6, 6.07) is 6.90. The van der Waals surface area contributed by atoms with Crippen LogP contribution in [-0.2, 0) is 29.0 Å². The molecule has 1 heterocycles. The summed E-state index contributed by atoms with van der Waals surface area (Å²) < 4.78 is 19.6. The predicted molar refractivity (Wildman–Crippen MR) is 147 cm³/mol. The van der Waals surface area contributed by atoms with Gasteiger partial charge in [0.2, 0.25) is 0 Å². The van der Waals surface area contributed by atoms with Crippen LogP contribution in [0.15, 0.2) is 18.2 Å². The SMILES string of the molecule is CCc1nn(COCC[Si](C)(C)C)c(CC)c1-c1ccc([N+](=O)[O-])cc1OCOCC[Si](C)(C)C. The maximum absolute atomic E-state index is 11.4. The number of rotatable bonds is 15. The molecule has 1 aromatic heterocycles. The van der Waals surface area contributed by atoms with Gasteiger partial charge in [0.15, 0.2) is 6.79 Å². The van der Waals surface area contributed by atoms with E-state index in [2.05, 4.69) is 53.1 Å². The molecule has 0 unspecified atom stereocenters. The van der Waals surface area contributed by atoms with Crippen molar-refractivity contribution in [1.29, 1.82) is 0 Å². The van der Waals surface area contributed by atoms with Crippen molar-refractivity contribution >= 4 is 21.8 Å². The Hall–Kier alpha value is -2.02. The van der Waals surface area contributed by atoms with Crippen LogP contribution < -0.4 is 4.74 Å². The Bertz CT molecular complexity index is 981. The minimum Gasteiger partial charge on any atom is -0.467 e. The minimum atomic E-state index is -1.21. The number of nitro groups is 1. The molecule has 0 saturated heterocycles. The third-order valence-electron chi connectivity index (χ3n) is 5.75. The fourth-order valence-electron chi connectivity index (χ4n) is 3.60. The fourth-order valence-corrected chi connectivity index (χ4v) is 5.11. The van der Waals surface area contributed by atoms with Crippen LogP contribution in [0.3, 0.4) is 0 Å². The highest BCUT2D eigenvalue weighted by Gasteiger charge is 2.23. The van der Waals surface area contributed by atoms with E-state index in [0.717, 1.165) is 54.1 Å². The van der Waals surface area contributed by atoms with Crippen LogP contribution in [0, 0.1) is 10.1 Å². The molecule has 196 valence electrons. The van der Waals surface area contributed by atoms with Crippen molar-refractivity contribution in [3.05, 3.63) is 39.7 Å². The Kier molecular flexibility index (Phi) is 10.7. The summed E-state index contributed by atoms with van der Waals surface area (Å²) in [5.41, 5.74) is 3.72. The first kappa shape index (κ1) is 29.2. The Morgan fingerprint density at radius 1 is 0.971 bits per heavy atom. The van der Waals surface area contributed by atoms with Crippen LogP contribution in [0.25, 0.3) is 11.1 Å². The molecule has 0 aliphatic rings. The number of benzene rings is 1. The van der Waals surface area contributed by atoms with Crippen molar-refractivity contribution in [3.8, 4) is 16.9 Å². The normalized spacial score (nSPS) is 12.2. The van der Waals surface area contributed by atoms with Gasteiger partial charge < -0.3 is 14.2 Å². The lowest BCUT2D eigenvalue weighted by atomic mass is 9.99. The number of hydrogen-bond acceptors (Lipinski definition) is 6. The van der Waals surface area contributed by atoms with E-state index in [0.29, 0.717) is 19.1 Å². The quantitative estimate of drug-likeness (QED) is 0.0864. The molecular weight excluding hydrogens is 478 g/mol. The van der Waals surface area contributed by atoms with Gasteiger partial charge in [-0.05, 0) is 31.0 Å². The minimum absolute atomic E-state index is 0.0102. The second kappa shape index (κ2) is 12.8. The van der Waals surface area contributed by atoms with Crippen LogP contribution in [0.5, 0.6) is 5.75 Å². The average Bonchev–Trinajstić information content (AvgIpc) is 3.12. The van der Waals surface area contributed by atoms with Crippen molar-refractivity contribution in [1.82, 2.24) is 9.78 Å². The summed E-state index contributed by atoms with van der Waals surface area (Å²) in [4.78, 5) is 11.0. The number of nitrogens with zero attached hydrogens (tertiary/aromatic N) is 3. The zero-order chi connectivity index (χ0) is 26.2. The molecule has 1 aromatic carbocycles. The molecule has 0 N–H and O–H groups in total. The standard InChI is InChI=1S/C25H43N3O5Si2/c1-9-22-25(23(10-2)27(26-22)18-31-13-15-34(3,4)5)21-12-11-20(28(29)30)17-24(21)33-19-32-14-16-35(6,7)8/h11-12,17H,9-10,13-16,18-19H2,1-8H3. The Morgan fingerprint density at radius 3 is 2.14 bits per heavy atom. The van der Waals surface area contributed by atoms with Gasteiger partial charge in [0, 0.05) is 52.2 Å². The molecule has 0 amide bonds. The molecule has 0 radical (unpaired) electrons. The topological polar surface area (TPSA) is 88.7 Å². The van der Waals surface area contributed by atoms with Crippen molar-refractivity contribution < 1.29 is 19.1 Å². The molecule has 0 aliphatic carbocycles. The van der Waals surface area contributed by atoms with Crippen molar-refractivity contribution in [2.24, 2.45) is 0 Å². The number of ether oxygens (including phenoxy) is 3. The van der Waals surface area contributed by atoms with Crippen LogP contribution in [0.2, 0.25) is 51.4 Å². The van der Waals surface area contributed by atoms with Gasteiger partial charge in [-0.15, -0.1) is 0 Å². The van der Waals surface area contributed by atoms with E-state index < -0.39 is 21.1 Å². The van der Waals surface area contributed by atoms with E-state index >= 15 is 0 Å². The van der Waals surface area contributed by atoms with Gasteiger partial charge in [0.1, 0.15) is 12.5 Å². The van der Waals surface area contributed by atoms with Gasteiger partial charge in [0.25, 0.3) is 5.69 Å².